The average molecular weight is 371 g/mol. The van der Waals surface area contributed by atoms with Crippen LogP contribution in [0, 0.1) is 5.82 Å². The smallest absolute Gasteiger partial charge is 0.312 e. The number of piperazine rings is 1. The van der Waals surface area contributed by atoms with Gasteiger partial charge in [0.25, 0.3) is 0 Å². The normalized spacial score (nSPS) is 14.0. The standard InChI is InChI=1S/C20H22FN3O3/c1-27-18-8-2-15(3-9-18)14-22-19(25)20(26)24-12-10-23(11-13-24)17-6-4-16(21)5-7-17/h2-9H,10-14H2,1H3,(H,22,25). The van der Waals surface area contributed by atoms with Crippen LogP contribution in [-0.4, -0.2) is 50.0 Å². The molecule has 27 heavy (non-hydrogen) atoms. The number of carbonyl (C=O) groups is 2. The number of nitrogens with one attached hydrogen (secondary N) is 1. The van der Waals surface area contributed by atoms with Crippen molar-refractivity contribution in [3.63, 3.8) is 0 Å². The lowest BCUT2D eigenvalue weighted by Crippen LogP contribution is -2.52. The molecule has 0 atom stereocenters. The van der Waals surface area contributed by atoms with E-state index in [2.05, 4.69) is 10.2 Å². The molecule has 1 aliphatic rings. The number of halogens is 1. The van der Waals surface area contributed by atoms with Gasteiger partial charge in [-0.15, -0.1) is 0 Å². The number of anilines is 1. The van der Waals surface area contributed by atoms with Crippen LogP contribution in [0.2, 0.25) is 0 Å². The fraction of sp³-hybridized carbons (Fsp3) is 0.300. The van der Waals surface area contributed by atoms with Gasteiger partial charge >= 0.3 is 11.8 Å². The van der Waals surface area contributed by atoms with Crippen molar-refractivity contribution in [2.75, 3.05) is 38.2 Å². The monoisotopic (exact) mass is 371 g/mol. The van der Waals surface area contributed by atoms with E-state index in [4.69, 9.17) is 4.74 Å². The van der Waals surface area contributed by atoms with E-state index in [0.29, 0.717) is 26.2 Å². The Hall–Kier alpha value is -3.09. The van der Waals surface area contributed by atoms with E-state index >= 15 is 0 Å². The summed E-state index contributed by atoms with van der Waals surface area (Å²) in [6.07, 6.45) is 0. The van der Waals surface area contributed by atoms with Gasteiger partial charge in [-0.2, -0.15) is 0 Å². The number of hydrogen-bond donors (Lipinski definition) is 1. The molecule has 142 valence electrons. The summed E-state index contributed by atoms with van der Waals surface area (Å²) in [5.41, 5.74) is 1.80. The number of ether oxygens (including phenoxy) is 1. The summed E-state index contributed by atoms with van der Waals surface area (Å²) >= 11 is 0. The fourth-order valence-corrected chi connectivity index (χ4v) is 2.96. The van der Waals surface area contributed by atoms with Crippen LogP contribution >= 0.6 is 0 Å². The second kappa shape index (κ2) is 8.53. The maximum Gasteiger partial charge on any atom is 0.312 e. The third-order valence-electron chi connectivity index (χ3n) is 4.57. The van der Waals surface area contributed by atoms with Gasteiger partial charge < -0.3 is 19.9 Å². The molecule has 1 saturated heterocycles. The van der Waals surface area contributed by atoms with Crippen LogP contribution in [0.3, 0.4) is 0 Å². The number of amides is 2. The Morgan fingerprint density at radius 2 is 1.63 bits per heavy atom. The molecule has 0 saturated carbocycles. The Labute approximate surface area is 157 Å². The topological polar surface area (TPSA) is 61.9 Å². The third kappa shape index (κ3) is 4.75. The first-order valence-corrected chi connectivity index (χ1v) is 8.77. The summed E-state index contributed by atoms with van der Waals surface area (Å²) < 4.78 is 18.1. The van der Waals surface area contributed by atoms with Crippen molar-refractivity contribution in [2.24, 2.45) is 0 Å². The molecular formula is C20H22FN3O3. The summed E-state index contributed by atoms with van der Waals surface area (Å²) in [7, 11) is 1.59. The van der Waals surface area contributed by atoms with E-state index < -0.39 is 11.8 Å². The number of nitrogens with zero attached hydrogens (tertiary/aromatic N) is 2. The maximum atomic E-state index is 13.0. The summed E-state index contributed by atoms with van der Waals surface area (Å²) in [4.78, 5) is 28.1. The maximum absolute atomic E-state index is 13.0. The molecule has 0 radical (unpaired) electrons. The first kappa shape index (κ1) is 18.7. The molecule has 0 aliphatic carbocycles. The molecule has 7 heteroatoms. The molecule has 1 aliphatic heterocycles. The predicted octanol–water partition coefficient (Wildman–Crippen LogP) is 1.80. The quantitative estimate of drug-likeness (QED) is 0.833. The van der Waals surface area contributed by atoms with Gasteiger partial charge in [0.15, 0.2) is 0 Å². The van der Waals surface area contributed by atoms with Crippen LogP contribution in [0.1, 0.15) is 5.56 Å². The number of benzene rings is 2. The van der Waals surface area contributed by atoms with Gasteiger partial charge in [0, 0.05) is 38.4 Å². The third-order valence-corrected chi connectivity index (χ3v) is 4.57. The van der Waals surface area contributed by atoms with Crippen LogP contribution in [0.4, 0.5) is 10.1 Å². The second-order valence-electron chi connectivity index (χ2n) is 6.29. The van der Waals surface area contributed by atoms with E-state index in [1.807, 2.05) is 12.1 Å². The largest absolute Gasteiger partial charge is 0.497 e. The molecule has 0 aromatic heterocycles. The Balaban J connectivity index is 1.47. The van der Waals surface area contributed by atoms with Crippen molar-refractivity contribution in [2.45, 2.75) is 6.54 Å². The van der Waals surface area contributed by atoms with Crippen molar-refractivity contribution in [1.29, 1.82) is 0 Å². The summed E-state index contributed by atoms with van der Waals surface area (Å²) in [5.74, 6) is -0.676. The number of carbonyl (C=O) groups excluding carboxylic acids is 2. The molecule has 2 aromatic carbocycles. The van der Waals surface area contributed by atoms with Crippen molar-refractivity contribution in [3.05, 3.63) is 59.9 Å². The zero-order chi connectivity index (χ0) is 19.2. The van der Waals surface area contributed by atoms with Gasteiger partial charge in [-0.3, -0.25) is 9.59 Å². The molecule has 3 rings (SSSR count). The molecule has 2 amide bonds. The predicted molar refractivity (Wildman–Crippen MR) is 100 cm³/mol. The van der Waals surface area contributed by atoms with E-state index in [-0.39, 0.29) is 12.4 Å². The highest BCUT2D eigenvalue weighted by Crippen LogP contribution is 2.17. The number of methoxy groups -OCH3 is 1. The number of hydrogen-bond acceptors (Lipinski definition) is 4. The first-order valence-electron chi connectivity index (χ1n) is 8.77. The SMILES string of the molecule is COc1ccc(CNC(=O)C(=O)N2CCN(c3ccc(F)cc3)CC2)cc1. The molecule has 6 nitrogen and oxygen atoms in total. The van der Waals surface area contributed by atoms with Crippen LogP contribution in [-0.2, 0) is 16.1 Å². The lowest BCUT2D eigenvalue weighted by Gasteiger charge is -2.35. The van der Waals surface area contributed by atoms with Gasteiger partial charge in [-0.05, 0) is 42.0 Å². The highest BCUT2D eigenvalue weighted by atomic mass is 19.1. The lowest BCUT2D eigenvalue weighted by molar-refractivity contribution is -0.146. The molecule has 2 aromatic rings. The van der Waals surface area contributed by atoms with Crippen LogP contribution in [0.5, 0.6) is 5.75 Å². The molecular weight excluding hydrogens is 349 g/mol. The zero-order valence-corrected chi connectivity index (χ0v) is 15.2. The van der Waals surface area contributed by atoms with Gasteiger partial charge in [-0.1, -0.05) is 12.1 Å². The molecule has 1 heterocycles. The summed E-state index contributed by atoms with van der Waals surface area (Å²) in [6, 6.07) is 13.5. The van der Waals surface area contributed by atoms with E-state index in [0.717, 1.165) is 17.0 Å². The Morgan fingerprint density at radius 1 is 1.00 bits per heavy atom. The van der Waals surface area contributed by atoms with E-state index in [1.54, 1.807) is 36.3 Å². The number of rotatable bonds is 4. The van der Waals surface area contributed by atoms with E-state index in [9.17, 15) is 14.0 Å². The average Bonchev–Trinajstić information content (AvgIpc) is 2.72. The van der Waals surface area contributed by atoms with Crippen molar-refractivity contribution < 1.29 is 18.7 Å². The van der Waals surface area contributed by atoms with Gasteiger partial charge in [0.05, 0.1) is 7.11 Å². The lowest BCUT2D eigenvalue weighted by atomic mass is 10.2. The Bertz CT molecular complexity index is 785. The van der Waals surface area contributed by atoms with Crippen molar-refractivity contribution >= 4 is 17.5 Å². The van der Waals surface area contributed by atoms with Gasteiger partial charge in [0.2, 0.25) is 0 Å². The Morgan fingerprint density at radius 3 is 2.22 bits per heavy atom. The zero-order valence-electron chi connectivity index (χ0n) is 15.2. The van der Waals surface area contributed by atoms with Gasteiger partial charge in [-0.25, -0.2) is 4.39 Å². The molecule has 1 fully saturated rings. The molecule has 0 spiro atoms. The minimum absolute atomic E-state index is 0.277. The molecule has 0 unspecified atom stereocenters. The minimum Gasteiger partial charge on any atom is -0.497 e. The first-order chi connectivity index (χ1) is 13.1. The Kier molecular flexibility index (Phi) is 5.90. The van der Waals surface area contributed by atoms with Crippen LogP contribution < -0.4 is 15.0 Å². The van der Waals surface area contributed by atoms with Crippen molar-refractivity contribution in [3.8, 4) is 5.75 Å². The molecule has 0 bridgehead atoms. The van der Waals surface area contributed by atoms with Crippen molar-refractivity contribution in [1.82, 2.24) is 10.2 Å². The summed E-state index contributed by atoms with van der Waals surface area (Å²) in [6.45, 7) is 2.38. The van der Waals surface area contributed by atoms with Gasteiger partial charge in [0.1, 0.15) is 11.6 Å². The molecule has 1 N–H and O–H groups in total. The second-order valence-corrected chi connectivity index (χ2v) is 6.29. The van der Waals surface area contributed by atoms with Crippen LogP contribution in [0.25, 0.3) is 0 Å². The highest BCUT2D eigenvalue weighted by Gasteiger charge is 2.25. The highest BCUT2D eigenvalue weighted by molar-refractivity contribution is 6.35. The fourth-order valence-electron chi connectivity index (χ4n) is 2.96. The van der Waals surface area contributed by atoms with E-state index in [1.165, 1.54) is 12.1 Å². The van der Waals surface area contributed by atoms with Crippen LogP contribution in [0.15, 0.2) is 48.5 Å². The summed E-state index contributed by atoms with van der Waals surface area (Å²) in [5, 5.41) is 2.66. The minimum atomic E-state index is -0.610.